The average molecular weight is 238 g/mol. The van der Waals surface area contributed by atoms with Crippen LogP contribution in [-0.4, -0.2) is 38.4 Å². The molecule has 0 bridgehead atoms. The number of aryl methyl sites for hydroxylation is 1. The van der Waals surface area contributed by atoms with E-state index in [2.05, 4.69) is 10.3 Å². The molecule has 1 fully saturated rings. The SMILES string of the molecule is COCc1cnc(C)c(OC)c1OC1CNC1. The number of nitrogens with zero attached hydrogens (tertiary/aromatic N) is 1. The van der Waals surface area contributed by atoms with Gasteiger partial charge >= 0.3 is 0 Å². The molecule has 0 spiro atoms. The number of rotatable bonds is 5. The minimum Gasteiger partial charge on any atom is -0.491 e. The average Bonchev–Trinajstić information content (AvgIpc) is 2.27. The fourth-order valence-electron chi connectivity index (χ4n) is 1.74. The van der Waals surface area contributed by atoms with Gasteiger partial charge in [0, 0.05) is 32.0 Å². The van der Waals surface area contributed by atoms with Crippen molar-refractivity contribution in [1.29, 1.82) is 0 Å². The summed E-state index contributed by atoms with van der Waals surface area (Å²) in [6.45, 7) is 4.12. The van der Waals surface area contributed by atoms with Crippen LogP contribution in [0.5, 0.6) is 11.5 Å². The number of nitrogens with one attached hydrogen (secondary N) is 1. The molecule has 0 radical (unpaired) electrons. The van der Waals surface area contributed by atoms with Gasteiger partial charge in [0.1, 0.15) is 6.10 Å². The second-order valence-electron chi connectivity index (χ2n) is 4.06. The maximum atomic E-state index is 5.93. The Labute approximate surface area is 101 Å². The molecule has 1 aromatic heterocycles. The minimum atomic E-state index is 0.210. The lowest BCUT2D eigenvalue weighted by Gasteiger charge is -2.29. The first-order valence-electron chi connectivity index (χ1n) is 5.65. The standard InChI is InChI=1S/C12H18N2O3/c1-8-11(16-3)12(17-10-5-13-6-10)9(4-14-8)7-15-2/h4,10,13H,5-7H2,1-3H3. The molecule has 1 aromatic rings. The van der Waals surface area contributed by atoms with E-state index < -0.39 is 0 Å². The summed E-state index contributed by atoms with van der Waals surface area (Å²) < 4.78 is 16.4. The van der Waals surface area contributed by atoms with Gasteiger partial charge in [0.2, 0.25) is 0 Å². The van der Waals surface area contributed by atoms with Gasteiger partial charge in [-0.05, 0) is 6.92 Å². The van der Waals surface area contributed by atoms with Gasteiger partial charge in [-0.15, -0.1) is 0 Å². The van der Waals surface area contributed by atoms with Gasteiger partial charge < -0.3 is 19.5 Å². The van der Waals surface area contributed by atoms with Gasteiger partial charge in [0.15, 0.2) is 11.5 Å². The quantitative estimate of drug-likeness (QED) is 0.826. The number of pyridine rings is 1. The van der Waals surface area contributed by atoms with Crippen molar-refractivity contribution in [3.63, 3.8) is 0 Å². The van der Waals surface area contributed by atoms with E-state index in [0.717, 1.165) is 30.1 Å². The van der Waals surface area contributed by atoms with Crippen LogP contribution in [-0.2, 0) is 11.3 Å². The normalized spacial score (nSPS) is 15.5. The van der Waals surface area contributed by atoms with Gasteiger partial charge in [0.05, 0.1) is 19.4 Å². The molecule has 1 aliphatic heterocycles. The van der Waals surface area contributed by atoms with E-state index in [1.807, 2.05) is 6.92 Å². The van der Waals surface area contributed by atoms with Crippen LogP contribution in [0.25, 0.3) is 0 Å². The van der Waals surface area contributed by atoms with Crippen molar-refractivity contribution in [2.24, 2.45) is 0 Å². The van der Waals surface area contributed by atoms with Crippen molar-refractivity contribution >= 4 is 0 Å². The van der Waals surface area contributed by atoms with E-state index in [-0.39, 0.29) is 6.10 Å². The molecular weight excluding hydrogens is 220 g/mol. The molecule has 0 amide bonds. The van der Waals surface area contributed by atoms with Gasteiger partial charge in [-0.1, -0.05) is 0 Å². The van der Waals surface area contributed by atoms with Crippen molar-refractivity contribution < 1.29 is 14.2 Å². The molecule has 2 heterocycles. The Bertz CT molecular complexity index is 392. The molecule has 0 unspecified atom stereocenters. The second kappa shape index (κ2) is 5.33. The van der Waals surface area contributed by atoms with Crippen LogP contribution in [0.2, 0.25) is 0 Å². The minimum absolute atomic E-state index is 0.210. The molecule has 0 aromatic carbocycles. The summed E-state index contributed by atoms with van der Waals surface area (Å²) in [5.41, 5.74) is 1.75. The maximum absolute atomic E-state index is 5.93. The highest BCUT2D eigenvalue weighted by atomic mass is 16.5. The zero-order chi connectivity index (χ0) is 12.3. The summed E-state index contributed by atoms with van der Waals surface area (Å²) in [7, 11) is 3.29. The monoisotopic (exact) mass is 238 g/mol. The lowest BCUT2D eigenvalue weighted by atomic mass is 10.2. The predicted molar refractivity (Wildman–Crippen MR) is 63.5 cm³/mol. The summed E-state index contributed by atoms with van der Waals surface area (Å²) >= 11 is 0. The first-order valence-corrected chi connectivity index (χ1v) is 5.65. The molecule has 0 saturated carbocycles. The first-order chi connectivity index (χ1) is 8.26. The van der Waals surface area contributed by atoms with E-state index >= 15 is 0 Å². The second-order valence-corrected chi connectivity index (χ2v) is 4.06. The highest BCUT2D eigenvalue weighted by Crippen LogP contribution is 2.34. The molecule has 5 nitrogen and oxygen atoms in total. The van der Waals surface area contributed by atoms with Crippen LogP contribution in [0, 0.1) is 6.92 Å². The Morgan fingerprint density at radius 2 is 2.12 bits per heavy atom. The summed E-state index contributed by atoms with van der Waals surface area (Å²) in [5, 5.41) is 3.17. The molecule has 0 atom stereocenters. The Morgan fingerprint density at radius 1 is 1.35 bits per heavy atom. The third kappa shape index (κ3) is 2.50. The summed E-state index contributed by atoms with van der Waals surface area (Å²) in [6.07, 6.45) is 1.99. The number of ether oxygens (including phenoxy) is 3. The van der Waals surface area contributed by atoms with Gasteiger partial charge in [0.25, 0.3) is 0 Å². The largest absolute Gasteiger partial charge is 0.491 e. The molecule has 1 saturated heterocycles. The molecule has 0 aliphatic carbocycles. The zero-order valence-corrected chi connectivity index (χ0v) is 10.4. The zero-order valence-electron chi connectivity index (χ0n) is 10.4. The van der Waals surface area contributed by atoms with Crippen LogP contribution < -0.4 is 14.8 Å². The number of methoxy groups -OCH3 is 2. The molecule has 1 aliphatic rings. The van der Waals surface area contributed by atoms with Gasteiger partial charge in [-0.2, -0.15) is 0 Å². The Hall–Kier alpha value is -1.33. The maximum Gasteiger partial charge on any atom is 0.182 e. The summed E-state index contributed by atoms with van der Waals surface area (Å²) in [4.78, 5) is 4.28. The summed E-state index contributed by atoms with van der Waals surface area (Å²) in [5.74, 6) is 1.46. The first kappa shape index (κ1) is 12.1. The third-order valence-electron chi connectivity index (χ3n) is 2.77. The number of hydrogen-bond acceptors (Lipinski definition) is 5. The fraction of sp³-hybridized carbons (Fsp3) is 0.583. The van der Waals surface area contributed by atoms with Crippen LogP contribution >= 0.6 is 0 Å². The van der Waals surface area contributed by atoms with E-state index in [9.17, 15) is 0 Å². The van der Waals surface area contributed by atoms with Crippen LogP contribution in [0.15, 0.2) is 6.20 Å². The topological polar surface area (TPSA) is 52.6 Å². The lowest BCUT2D eigenvalue weighted by Crippen LogP contribution is -2.50. The molecule has 2 rings (SSSR count). The molecule has 94 valence electrons. The molecule has 1 N–H and O–H groups in total. The van der Waals surface area contributed by atoms with Crippen molar-refractivity contribution in [2.75, 3.05) is 27.3 Å². The van der Waals surface area contributed by atoms with Crippen molar-refractivity contribution in [2.45, 2.75) is 19.6 Å². The van der Waals surface area contributed by atoms with E-state index in [4.69, 9.17) is 14.2 Å². The predicted octanol–water partition coefficient (Wildman–Crippen LogP) is 0.896. The third-order valence-corrected chi connectivity index (χ3v) is 2.77. The van der Waals surface area contributed by atoms with Gasteiger partial charge in [-0.25, -0.2) is 0 Å². The Kier molecular flexibility index (Phi) is 3.81. The fourth-order valence-corrected chi connectivity index (χ4v) is 1.74. The van der Waals surface area contributed by atoms with Crippen LogP contribution in [0.1, 0.15) is 11.3 Å². The van der Waals surface area contributed by atoms with E-state index in [0.29, 0.717) is 12.4 Å². The van der Waals surface area contributed by atoms with Crippen molar-refractivity contribution in [1.82, 2.24) is 10.3 Å². The van der Waals surface area contributed by atoms with Crippen LogP contribution in [0.3, 0.4) is 0 Å². The Balaban J connectivity index is 2.30. The molecule has 17 heavy (non-hydrogen) atoms. The van der Waals surface area contributed by atoms with Crippen molar-refractivity contribution in [3.05, 3.63) is 17.5 Å². The number of aromatic nitrogens is 1. The lowest BCUT2D eigenvalue weighted by molar-refractivity contribution is 0.127. The van der Waals surface area contributed by atoms with E-state index in [1.54, 1.807) is 20.4 Å². The molecule has 5 heteroatoms. The highest BCUT2D eigenvalue weighted by Gasteiger charge is 2.23. The highest BCUT2D eigenvalue weighted by molar-refractivity contribution is 5.48. The number of hydrogen-bond donors (Lipinski definition) is 1. The Morgan fingerprint density at radius 3 is 2.65 bits per heavy atom. The molecular formula is C12H18N2O3. The van der Waals surface area contributed by atoms with Crippen molar-refractivity contribution in [3.8, 4) is 11.5 Å². The smallest absolute Gasteiger partial charge is 0.182 e. The van der Waals surface area contributed by atoms with Gasteiger partial charge in [-0.3, -0.25) is 4.98 Å². The summed E-state index contributed by atoms with van der Waals surface area (Å²) in [6, 6.07) is 0. The van der Waals surface area contributed by atoms with Crippen LogP contribution in [0.4, 0.5) is 0 Å². The van der Waals surface area contributed by atoms with E-state index in [1.165, 1.54) is 0 Å².